The Morgan fingerprint density at radius 1 is 0.786 bits per heavy atom. The van der Waals surface area contributed by atoms with Crippen LogP contribution in [0.1, 0.15) is 0 Å². The van der Waals surface area contributed by atoms with Crippen molar-refractivity contribution in [1.29, 1.82) is 0 Å². The molecular weight excluding hydrogens is 405 g/mol. The maximum absolute atomic E-state index is 13.1. The summed E-state index contributed by atoms with van der Waals surface area (Å²) in [4.78, 5) is 2.09. The topological polar surface area (TPSA) is 78.0 Å². The second-order valence-corrected chi connectivity index (χ2v) is 10.7. The lowest BCUT2D eigenvalue weighted by molar-refractivity contribution is 0.385. The van der Waals surface area contributed by atoms with E-state index < -0.39 is 20.0 Å². The SMILES string of the molecule is CN(C)S(=O)(=O)c1ccc(S(=O)(=O)N2CCN(c3ccc(F)cc3)CC2)cc1. The van der Waals surface area contributed by atoms with Crippen molar-refractivity contribution in [2.45, 2.75) is 9.79 Å². The van der Waals surface area contributed by atoms with Gasteiger partial charge in [-0.05, 0) is 48.5 Å². The molecule has 0 aromatic heterocycles. The minimum absolute atomic E-state index is 0.0394. The van der Waals surface area contributed by atoms with E-state index in [4.69, 9.17) is 0 Å². The Hall–Kier alpha value is -2.01. The van der Waals surface area contributed by atoms with Crippen LogP contribution in [0.25, 0.3) is 0 Å². The standard InChI is InChI=1S/C18H22FN3O4S2/c1-20(2)27(23,24)17-7-9-18(10-8-17)28(25,26)22-13-11-21(12-14-22)16-5-3-15(19)4-6-16/h3-10H,11-14H2,1-2H3. The van der Waals surface area contributed by atoms with Crippen molar-refractivity contribution in [3.63, 3.8) is 0 Å². The summed E-state index contributed by atoms with van der Waals surface area (Å²) in [5.41, 5.74) is 0.844. The van der Waals surface area contributed by atoms with Gasteiger partial charge < -0.3 is 4.90 Å². The number of hydrogen-bond acceptors (Lipinski definition) is 5. The first-order valence-electron chi connectivity index (χ1n) is 8.65. The van der Waals surface area contributed by atoms with Crippen molar-refractivity contribution in [3.8, 4) is 0 Å². The van der Waals surface area contributed by atoms with Crippen LogP contribution < -0.4 is 4.90 Å². The highest BCUT2D eigenvalue weighted by Crippen LogP contribution is 2.23. The smallest absolute Gasteiger partial charge is 0.243 e. The van der Waals surface area contributed by atoms with Gasteiger partial charge in [-0.1, -0.05) is 0 Å². The molecular formula is C18H22FN3O4S2. The molecule has 0 amide bonds. The molecule has 10 heteroatoms. The minimum atomic E-state index is -3.72. The molecule has 0 unspecified atom stereocenters. The second kappa shape index (κ2) is 7.78. The minimum Gasteiger partial charge on any atom is -0.369 e. The van der Waals surface area contributed by atoms with Gasteiger partial charge in [-0.15, -0.1) is 0 Å². The summed E-state index contributed by atoms with van der Waals surface area (Å²) in [5.74, 6) is -0.315. The third-order valence-corrected chi connectivity index (χ3v) is 8.41. The number of benzene rings is 2. The fraction of sp³-hybridized carbons (Fsp3) is 0.333. The van der Waals surface area contributed by atoms with Crippen LogP contribution >= 0.6 is 0 Å². The molecule has 0 spiro atoms. The van der Waals surface area contributed by atoms with E-state index >= 15 is 0 Å². The Bertz CT molecular complexity index is 1030. The lowest BCUT2D eigenvalue weighted by Gasteiger charge is -2.35. The highest BCUT2D eigenvalue weighted by Gasteiger charge is 2.29. The van der Waals surface area contributed by atoms with Crippen LogP contribution in [0.15, 0.2) is 58.3 Å². The largest absolute Gasteiger partial charge is 0.369 e. The van der Waals surface area contributed by atoms with E-state index in [1.54, 1.807) is 12.1 Å². The van der Waals surface area contributed by atoms with E-state index in [2.05, 4.69) is 0 Å². The predicted molar refractivity (Wildman–Crippen MR) is 105 cm³/mol. The zero-order chi connectivity index (χ0) is 20.5. The van der Waals surface area contributed by atoms with Gasteiger partial charge in [0, 0.05) is 46.0 Å². The van der Waals surface area contributed by atoms with Crippen molar-refractivity contribution < 1.29 is 21.2 Å². The number of nitrogens with zero attached hydrogens (tertiary/aromatic N) is 3. The first-order valence-corrected chi connectivity index (χ1v) is 11.5. The van der Waals surface area contributed by atoms with Crippen LogP contribution in [0.4, 0.5) is 10.1 Å². The van der Waals surface area contributed by atoms with Gasteiger partial charge in [0.05, 0.1) is 9.79 Å². The number of sulfonamides is 2. The van der Waals surface area contributed by atoms with Gasteiger partial charge in [-0.25, -0.2) is 25.5 Å². The molecule has 7 nitrogen and oxygen atoms in total. The normalized spacial score (nSPS) is 16.5. The van der Waals surface area contributed by atoms with Crippen LogP contribution in [0.3, 0.4) is 0 Å². The van der Waals surface area contributed by atoms with Crippen molar-refractivity contribution >= 4 is 25.7 Å². The molecule has 28 heavy (non-hydrogen) atoms. The number of rotatable bonds is 5. The molecule has 3 rings (SSSR count). The quantitative estimate of drug-likeness (QED) is 0.724. The Kier molecular flexibility index (Phi) is 5.76. The summed E-state index contributed by atoms with van der Waals surface area (Å²) in [7, 11) is -4.50. The summed E-state index contributed by atoms with van der Waals surface area (Å²) >= 11 is 0. The van der Waals surface area contributed by atoms with Gasteiger partial charge >= 0.3 is 0 Å². The van der Waals surface area contributed by atoms with Crippen molar-refractivity contribution in [2.24, 2.45) is 0 Å². The van der Waals surface area contributed by atoms with E-state index in [-0.39, 0.29) is 28.7 Å². The van der Waals surface area contributed by atoms with E-state index in [1.807, 2.05) is 4.90 Å². The molecule has 0 radical (unpaired) electrons. The second-order valence-electron chi connectivity index (χ2n) is 6.63. The fourth-order valence-corrected chi connectivity index (χ4v) is 5.31. The molecule has 0 aliphatic carbocycles. The lowest BCUT2D eigenvalue weighted by atomic mass is 10.2. The Balaban J connectivity index is 1.73. The lowest BCUT2D eigenvalue weighted by Crippen LogP contribution is -2.48. The van der Waals surface area contributed by atoms with E-state index in [0.717, 1.165) is 9.99 Å². The third kappa shape index (κ3) is 4.04. The average molecular weight is 428 g/mol. The van der Waals surface area contributed by atoms with Crippen molar-refractivity contribution in [2.75, 3.05) is 45.2 Å². The predicted octanol–water partition coefficient (Wildman–Crippen LogP) is 1.59. The number of piperazine rings is 1. The van der Waals surface area contributed by atoms with E-state index in [9.17, 15) is 21.2 Å². The van der Waals surface area contributed by atoms with Gasteiger partial charge in [0.2, 0.25) is 20.0 Å². The molecule has 1 fully saturated rings. The van der Waals surface area contributed by atoms with Crippen LogP contribution in [-0.2, 0) is 20.0 Å². The summed E-state index contributed by atoms with van der Waals surface area (Å²) in [6.07, 6.45) is 0. The van der Waals surface area contributed by atoms with Crippen LogP contribution in [0.5, 0.6) is 0 Å². The Morgan fingerprint density at radius 2 is 1.29 bits per heavy atom. The van der Waals surface area contributed by atoms with Gasteiger partial charge in [-0.2, -0.15) is 4.31 Å². The molecule has 1 aliphatic heterocycles. The van der Waals surface area contributed by atoms with Crippen LogP contribution in [-0.4, -0.2) is 65.7 Å². The number of halogens is 1. The van der Waals surface area contributed by atoms with Crippen molar-refractivity contribution in [3.05, 3.63) is 54.3 Å². The zero-order valence-electron chi connectivity index (χ0n) is 15.6. The molecule has 0 N–H and O–H groups in total. The molecule has 1 aliphatic rings. The first kappa shape index (κ1) is 20.7. The monoisotopic (exact) mass is 427 g/mol. The number of anilines is 1. The van der Waals surface area contributed by atoms with E-state index in [1.165, 1.54) is 54.8 Å². The van der Waals surface area contributed by atoms with Crippen molar-refractivity contribution in [1.82, 2.24) is 8.61 Å². The first-order chi connectivity index (χ1) is 13.1. The van der Waals surface area contributed by atoms with Gasteiger partial charge in [0.15, 0.2) is 0 Å². The molecule has 152 valence electrons. The molecule has 0 saturated carbocycles. The summed E-state index contributed by atoms with van der Waals surface area (Å²) in [6.45, 7) is 1.55. The molecule has 1 heterocycles. The Morgan fingerprint density at radius 3 is 1.79 bits per heavy atom. The Labute approximate surface area is 165 Å². The van der Waals surface area contributed by atoms with Crippen LogP contribution in [0, 0.1) is 5.82 Å². The zero-order valence-corrected chi connectivity index (χ0v) is 17.2. The maximum atomic E-state index is 13.1. The molecule has 1 saturated heterocycles. The van der Waals surface area contributed by atoms with Gasteiger partial charge in [0.25, 0.3) is 0 Å². The van der Waals surface area contributed by atoms with Gasteiger partial charge in [-0.3, -0.25) is 0 Å². The van der Waals surface area contributed by atoms with Crippen LogP contribution in [0.2, 0.25) is 0 Å². The average Bonchev–Trinajstić information content (AvgIpc) is 2.68. The fourth-order valence-electron chi connectivity index (χ4n) is 2.98. The highest BCUT2D eigenvalue weighted by molar-refractivity contribution is 7.89. The van der Waals surface area contributed by atoms with Gasteiger partial charge in [0.1, 0.15) is 5.82 Å². The highest BCUT2D eigenvalue weighted by atomic mass is 32.2. The van der Waals surface area contributed by atoms with E-state index in [0.29, 0.717) is 13.1 Å². The number of hydrogen-bond donors (Lipinski definition) is 0. The summed E-state index contributed by atoms with van der Waals surface area (Å²) < 4.78 is 65.5. The molecule has 0 bridgehead atoms. The summed E-state index contributed by atoms with van der Waals surface area (Å²) in [5, 5.41) is 0. The summed E-state index contributed by atoms with van der Waals surface area (Å²) in [6, 6.07) is 11.3. The molecule has 2 aromatic carbocycles. The molecule has 2 aromatic rings. The maximum Gasteiger partial charge on any atom is 0.243 e. The molecule has 0 atom stereocenters. The third-order valence-electron chi connectivity index (χ3n) is 4.67.